The van der Waals surface area contributed by atoms with Gasteiger partial charge in [0.1, 0.15) is 16.9 Å². The van der Waals surface area contributed by atoms with E-state index in [1.807, 2.05) is 18.2 Å². The number of carbonyl (C=O) groups excluding carboxylic acids is 1. The van der Waals surface area contributed by atoms with E-state index in [1.54, 1.807) is 12.1 Å². The van der Waals surface area contributed by atoms with Crippen molar-refractivity contribution in [1.29, 1.82) is 5.26 Å². The lowest BCUT2D eigenvalue weighted by molar-refractivity contribution is 0.102. The molecule has 1 aromatic heterocycles. The van der Waals surface area contributed by atoms with Crippen LogP contribution in [-0.4, -0.2) is 29.4 Å². The summed E-state index contributed by atoms with van der Waals surface area (Å²) < 4.78 is 5.58. The molecule has 128 valence electrons. The molecule has 25 heavy (non-hydrogen) atoms. The van der Waals surface area contributed by atoms with Crippen LogP contribution in [0.25, 0.3) is 0 Å². The molecule has 0 spiro atoms. The van der Waals surface area contributed by atoms with Crippen molar-refractivity contribution in [2.24, 2.45) is 0 Å². The normalized spacial score (nSPS) is 16.4. The van der Waals surface area contributed by atoms with Gasteiger partial charge in [0.2, 0.25) is 0 Å². The zero-order chi connectivity index (χ0) is 17.6. The quantitative estimate of drug-likeness (QED) is 0.800. The van der Waals surface area contributed by atoms with E-state index in [9.17, 15) is 10.1 Å². The molecular formula is C18H18N4O2S. The van der Waals surface area contributed by atoms with Gasteiger partial charge in [0.15, 0.2) is 0 Å². The highest BCUT2D eigenvalue weighted by Crippen LogP contribution is 2.27. The van der Waals surface area contributed by atoms with Crippen molar-refractivity contribution >= 4 is 29.2 Å². The van der Waals surface area contributed by atoms with Crippen molar-refractivity contribution in [3.05, 3.63) is 47.5 Å². The molecule has 1 aliphatic heterocycles. The Morgan fingerprint density at radius 3 is 2.92 bits per heavy atom. The van der Waals surface area contributed by atoms with Crippen LogP contribution in [0.2, 0.25) is 0 Å². The van der Waals surface area contributed by atoms with Crippen LogP contribution in [0.3, 0.4) is 0 Å². The molecule has 0 saturated carbocycles. The molecule has 6 nitrogen and oxygen atoms in total. The lowest BCUT2D eigenvalue weighted by Gasteiger charge is -2.12. The van der Waals surface area contributed by atoms with Gasteiger partial charge >= 0.3 is 0 Å². The highest BCUT2D eigenvalue weighted by molar-refractivity contribution is 7.99. The van der Waals surface area contributed by atoms with Crippen molar-refractivity contribution in [3.8, 4) is 6.07 Å². The second-order valence-corrected chi connectivity index (χ2v) is 6.66. The lowest BCUT2D eigenvalue weighted by Crippen LogP contribution is -2.16. The van der Waals surface area contributed by atoms with Crippen LogP contribution in [0.1, 0.15) is 28.8 Å². The Kier molecular flexibility index (Phi) is 5.53. The van der Waals surface area contributed by atoms with Gasteiger partial charge in [-0.15, -0.1) is 11.8 Å². The molecule has 0 aliphatic carbocycles. The number of benzene rings is 1. The summed E-state index contributed by atoms with van der Waals surface area (Å²) in [6.07, 6.45) is 2.26. The molecule has 0 radical (unpaired) electrons. The average molecular weight is 354 g/mol. The molecule has 7 heteroatoms. The zero-order valence-electron chi connectivity index (χ0n) is 13.6. The Morgan fingerprint density at radius 2 is 2.24 bits per heavy atom. The average Bonchev–Trinajstić information content (AvgIpc) is 3.14. The van der Waals surface area contributed by atoms with Gasteiger partial charge < -0.3 is 15.8 Å². The number of para-hydroxylation sites is 1. The number of nitrogen functional groups attached to an aromatic ring is 1. The number of aromatic nitrogens is 1. The highest BCUT2D eigenvalue weighted by Gasteiger charge is 2.20. The number of carbonyl (C=O) groups is 1. The maximum absolute atomic E-state index is 12.4. The van der Waals surface area contributed by atoms with Crippen LogP contribution in [-0.2, 0) is 4.74 Å². The smallest absolute Gasteiger partial charge is 0.259 e. The lowest BCUT2D eigenvalue weighted by atomic mass is 10.2. The summed E-state index contributed by atoms with van der Waals surface area (Å²) in [6.45, 7) is 0.782. The molecule has 0 bridgehead atoms. The standard InChI is InChI=1S/C18H18N4O2S/c19-10-12-9-15(17(23)21-13-5-2-1-3-6-13)16(20)22-18(12)25-11-14-7-4-8-24-14/h1-3,5-6,9,14H,4,7-8,11H2,(H2,20,22)(H,21,23). The second kappa shape index (κ2) is 8.01. The Bertz CT molecular complexity index is 799. The van der Waals surface area contributed by atoms with Gasteiger partial charge in [-0.2, -0.15) is 5.26 Å². The molecule has 1 saturated heterocycles. The number of amides is 1. The minimum Gasteiger partial charge on any atom is -0.383 e. The fraction of sp³-hybridized carbons (Fsp3) is 0.278. The van der Waals surface area contributed by atoms with Gasteiger partial charge in [-0.3, -0.25) is 4.79 Å². The molecule has 1 aliphatic rings. The first-order valence-corrected chi connectivity index (χ1v) is 8.97. The number of nitrogens with two attached hydrogens (primary N) is 1. The number of rotatable bonds is 5. The van der Waals surface area contributed by atoms with E-state index >= 15 is 0 Å². The van der Waals surface area contributed by atoms with Gasteiger partial charge in [-0.25, -0.2) is 4.98 Å². The number of thioether (sulfide) groups is 1. The highest BCUT2D eigenvalue weighted by atomic mass is 32.2. The molecule has 1 unspecified atom stereocenters. The third-order valence-corrected chi connectivity index (χ3v) is 4.97. The molecule has 3 rings (SSSR count). The monoisotopic (exact) mass is 354 g/mol. The topological polar surface area (TPSA) is 101 Å². The first-order valence-electron chi connectivity index (χ1n) is 7.99. The minimum absolute atomic E-state index is 0.113. The maximum Gasteiger partial charge on any atom is 0.259 e. The predicted octanol–water partition coefficient (Wildman–Crippen LogP) is 3.06. The number of pyridine rings is 1. The number of hydrogen-bond acceptors (Lipinski definition) is 6. The van der Waals surface area contributed by atoms with Crippen molar-refractivity contribution in [2.45, 2.75) is 24.0 Å². The van der Waals surface area contributed by atoms with Gasteiger partial charge in [0.25, 0.3) is 5.91 Å². The molecule has 2 heterocycles. The van der Waals surface area contributed by atoms with E-state index in [2.05, 4.69) is 16.4 Å². The largest absolute Gasteiger partial charge is 0.383 e. The van der Waals surface area contributed by atoms with Gasteiger partial charge in [-0.05, 0) is 31.0 Å². The van der Waals surface area contributed by atoms with Crippen LogP contribution in [0.5, 0.6) is 0 Å². The van der Waals surface area contributed by atoms with Gasteiger partial charge in [0, 0.05) is 18.0 Å². The molecule has 3 N–H and O–H groups in total. The fourth-order valence-corrected chi connectivity index (χ4v) is 3.58. The molecular weight excluding hydrogens is 336 g/mol. The Morgan fingerprint density at radius 1 is 1.44 bits per heavy atom. The van der Waals surface area contributed by atoms with E-state index in [0.29, 0.717) is 16.3 Å². The number of ether oxygens (including phenoxy) is 1. The molecule has 1 fully saturated rings. The van der Waals surface area contributed by atoms with E-state index < -0.39 is 0 Å². The summed E-state index contributed by atoms with van der Waals surface area (Å²) in [5.74, 6) is 0.446. The number of nitrogens with one attached hydrogen (secondary N) is 1. The molecule has 1 aromatic carbocycles. The summed E-state index contributed by atoms with van der Waals surface area (Å²) in [7, 11) is 0. The summed E-state index contributed by atoms with van der Waals surface area (Å²) in [5.41, 5.74) is 7.15. The number of hydrogen-bond donors (Lipinski definition) is 2. The second-order valence-electron chi connectivity index (χ2n) is 5.65. The first kappa shape index (κ1) is 17.3. The van der Waals surface area contributed by atoms with Crippen LogP contribution in [0.15, 0.2) is 41.4 Å². The van der Waals surface area contributed by atoms with Crippen molar-refractivity contribution in [3.63, 3.8) is 0 Å². The third-order valence-electron chi connectivity index (χ3n) is 3.84. The van der Waals surface area contributed by atoms with E-state index in [-0.39, 0.29) is 23.4 Å². The van der Waals surface area contributed by atoms with E-state index in [1.165, 1.54) is 17.8 Å². The summed E-state index contributed by atoms with van der Waals surface area (Å²) in [4.78, 5) is 16.7. The van der Waals surface area contributed by atoms with E-state index in [0.717, 1.165) is 25.2 Å². The predicted molar refractivity (Wildman–Crippen MR) is 97.5 cm³/mol. The van der Waals surface area contributed by atoms with Gasteiger partial charge in [-0.1, -0.05) is 18.2 Å². The molecule has 1 amide bonds. The number of anilines is 2. The SMILES string of the molecule is N#Cc1cc(C(=O)Nc2ccccc2)c(N)nc1SCC1CCCO1. The summed E-state index contributed by atoms with van der Waals surface area (Å²) in [6, 6.07) is 12.7. The summed E-state index contributed by atoms with van der Waals surface area (Å²) >= 11 is 1.44. The fourth-order valence-electron chi connectivity index (χ4n) is 2.55. The van der Waals surface area contributed by atoms with Crippen LogP contribution >= 0.6 is 11.8 Å². The van der Waals surface area contributed by atoms with Crippen LogP contribution in [0, 0.1) is 11.3 Å². The number of nitriles is 1. The summed E-state index contributed by atoms with van der Waals surface area (Å²) in [5, 5.41) is 12.7. The molecule has 2 aromatic rings. The zero-order valence-corrected chi connectivity index (χ0v) is 14.4. The number of nitrogens with zero attached hydrogens (tertiary/aromatic N) is 2. The van der Waals surface area contributed by atoms with Crippen molar-refractivity contribution in [1.82, 2.24) is 4.98 Å². The Labute approximate surface area is 150 Å². The van der Waals surface area contributed by atoms with Crippen LogP contribution in [0.4, 0.5) is 11.5 Å². The first-order chi connectivity index (χ1) is 12.2. The maximum atomic E-state index is 12.4. The minimum atomic E-state index is -0.386. The van der Waals surface area contributed by atoms with Crippen molar-refractivity contribution in [2.75, 3.05) is 23.4 Å². The Balaban J connectivity index is 1.76. The van der Waals surface area contributed by atoms with E-state index in [4.69, 9.17) is 10.5 Å². The van der Waals surface area contributed by atoms with Crippen LogP contribution < -0.4 is 11.1 Å². The van der Waals surface area contributed by atoms with Gasteiger partial charge in [0.05, 0.1) is 17.2 Å². The molecule has 1 atom stereocenters. The van der Waals surface area contributed by atoms with Crippen molar-refractivity contribution < 1.29 is 9.53 Å². The Hall–Kier alpha value is -2.56. The third kappa shape index (κ3) is 4.29.